The first-order chi connectivity index (χ1) is 8.60. The van der Waals surface area contributed by atoms with E-state index in [0.717, 1.165) is 42.3 Å². The van der Waals surface area contributed by atoms with E-state index in [2.05, 4.69) is 10.1 Å². The fourth-order valence-electron chi connectivity index (χ4n) is 2.87. The van der Waals surface area contributed by atoms with E-state index in [-0.39, 0.29) is 24.0 Å². The second-order valence-corrected chi connectivity index (χ2v) is 5.35. The Kier molecular flexibility index (Phi) is 3.80. The Morgan fingerprint density at radius 2 is 2.05 bits per heavy atom. The second-order valence-electron chi connectivity index (χ2n) is 5.35. The minimum atomic E-state index is -0.349. The summed E-state index contributed by atoms with van der Waals surface area (Å²) in [7, 11) is 1.94. The van der Waals surface area contributed by atoms with Gasteiger partial charge in [-0.3, -0.25) is 9.67 Å². The Morgan fingerprint density at radius 1 is 1.37 bits per heavy atom. The van der Waals surface area contributed by atoms with Gasteiger partial charge in [0.05, 0.1) is 22.9 Å². The molecule has 4 N–H and O–H groups in total. The maximum absolute atomic E-state index is 6.56. The number of nitrogens with two attached hydrogens (primary N) is 2. The van der Waals surface area contributed by atoms with Crippen LogP contribution in [0.4, 0.5) is 0 Å². The van der Waals surface area contributed by atoms with Gasteiger partial charge in [0.1, 0.15) is 0 Å². The third kappa shape index (κ3) is 2.33. The largest absolute Gasteiger partial charge is 0.328 e. The van der Waals surface area contributed by atoms with Crippen molar-refractivity contribution in [2.75, 3.05) is 0 Å². The summed E-state index contributed by atoms with van der Waals surface area (Å²) >= 11 is 0. The molecule has 6 heteroatoms. The molecule has 0 atom stereocenters. The molecule has 1 aliphatic carbocycles. The van der Waals surface area contributed by atoms with Gasteiger partial charge in [-0.05, 0) is 31.7 Å². The van der Waals surface area contributed by atoms with Gasteiger partial charge in [-0.1, -0.05) is 0 Å². The molecule has 0 unspecified atom stereocenters. The van der Waals surface area contributed by atoms with Gasteiger partial charge in [-0.15, -0.1) is 12.4 Å². The molecule has 0 saturated heterocycles. The van der Waals surface area contributed by atoms with Crippen LogP contribution in [0.2, 0.25) is 0 Å². The smallest absolute Gasteiger partial charge is 0.0713 e. The lowest BCUT2D eigenvalue weighted by Gasteiger charge is -2.35. The second kappa shape index (κ2) is 5.07. The molecule has 5 nitrogen and oxygen atoms in total. The monoisotopic (exact) mass is 281 g/mol. The van der Waals surface area contributed by atoms with Gasteiger partial charge in [0.2, 0.25) is 0 Å². The first kappa shape index (κ1) is 14.2. The van der Waals surface area contributed by atoms with Crippen molar-refractivity contribution in [2.45, 2.75) is 37.3 Å². The number of pyridine rings is 1. The molecule has 0 aromatic carbocycles. The summed E-state index contributed by atoms with van der Waals surface area (Å²) in [6.07, 6.45) is 7.41. The van der Waals surface area contributed by atoms with E-state index in [9.17, 15) is 0 Å². The molecular weight excluding hydrogens is 262 g/mol. The highest BCUT2D eigenvalue weighted by Crippen LogP contribution is 2.36. The van der Waals surface area contributed by atoms with Gasteiger partial charge in [0, 0.05) is 24.7 Å². The van der Waals surface area contributed by atoms with Crippen LogP contribution >= 0.6 is 12.4 Å². The fraction of sp³-hybridized carbons (Fsp3) is 0.538. The predicted octanol–water partition coefficient (Wildman–Crippen LogP) is 1.45. The van der Waals surface area contributed by atoms with Crippen molar-refractivity contribution in [2.24, 2.45) is 18.5 Å². The summed E-state index contributed by atoms with van der Waals surface area (Å²) in [5, 5.41) is 5.36. The van der Waals surface area contributed by atoms with E-state index in [4.69, 9.17) is 11.5 Å². The summed E-state index contributed by atoms with van der Waals surface area (Å²) in [6.45, 7) is 0. The average molecular weight is 282 g/mol. The molecule has 1 aliphatic rings. The lowest BCUT2D eigenvalue weighted by atomic mass is 9.77. The number of halogens is 1. The van der Waals surface area contributed by atoms with E-state index in [0.29, 0.717) is 0 Å². The van der Waals surface area contributed by atoms with Gasteiger partial charge < -0.3 is 11.5 Å². The van der Waals surface area contributed by atoms with E-state index in [1.807, 2.05) is 30.2 Å². The fourth-order valence-corrected chi connectivity index (χ4v) is 2.87. The van der Waals surface area contributed by atoms with Crippen molar-refractivity contribution in [1.29, 1.82) is 0 Å². The van der Waals surface area contributed by atoms with Crippen LogP contribution < -0.4 is 11.5 Å². The summed E-state index contributed by atoms with van der Waals surface area (Å²) in [6, 6.07) is 2.26. The normalized spacial score (nSPS) is 27.2. The molecule has 0 amide bonds. The van der Waals surface area contributed by atoms with E-state index < -0.39 is 0 Å². The van der Waals surface area contributed by atoms with Crippen molar-refractivity contribution < 1.29 is 0 Å². The Balaban J connectivity index is 0.00000133. The van der Waals surface area contributed by atoms with Crippen LogP contribution in [-0.2, 0) is 12.6 Å². The first-order valence-corrected chi connectivity index (χ1v) is 6.42. The SMILES string of the molecule is Cl.Cn1ncc2c(C3(N)CCC(N)CC3)nccc21. The number of hydrogen-bond acceptors (Lipinski definition) is 4. The van der Waals surface area contributed by atoms with Crippen LogP contribution in [-0.4, -0.2) is 20.8 Å². The van der Waals surface area contributed by atoms with Crippen molar-refractivity contribution in [3.8, 4) is 0 Å². The molecule has 0 aliphatic heterocycles. The van der Waals surface area contributed by atoms with Gasteiger partial charge in [-0.25, -0.2) is 0 Å². The molecular formula is C13H20ClN5. The molecule has 0 spiro atoms. The Labute approximate surface area is 118 Å². The topological polar surface area (TPSA) is 82.8 Å². The standard InChI is InChI=1S/C13H19N5.ClH/c1-18-11-4-7-16-12(10(11)8-17-18)13(15)5-2-9(14)3-6-13;/h4,7-9H,2-3,5-6,14-15H2,1H3;1H. The number of fused-ring (bicyclic) bond motifs is 1. The minimum Gasteiger partial charge on any atom is -0.328 e. The van der Waals surface area contributed by atoms with Crippen LogP contribution in [0.1, 0.15) is 31.4 Å². The average Bonchev–Trinajstić information content (AvgIpc) is 2.75. The quantitative estimate of drug-likeness (QED) is 0.829. The van der Waals surface area contributed by atoms with Gasteiger partial charge in [-0.2, -0.15) is 5.10 Å². The van der Waals surface area contributed by atoms with Crippen LogP contribution in [0.5, 0.6) is 0 Å². The molecule has 19 heavy (non-hydrogen) atoms. The Morgan fingerprint density at radius 3 is 2.74 bits per heavy atom. The van der Waals surface area contributed by atoms with Crippen molar-refractivity contribution in [3.05, 3.63) is 24.2 Å². The maximum atomic E-state index is 6.56. The molecule has 1 saturated carbocycles. The number of rotatable bonds is 1. The van der Waals surface area contributed by atoms with Gasteiger partial charge in [0.25, 0.3) is 0 Å². The summed E-state index contributed by atoms with van der Waals surface area (Å²) < 4.78 is 1.86. The molecule has 104 valence electrons. The van der Waals surface area contributed by atoms with E-state index in [1.54, 1.807) is 0 Å². The summed E-state index contributed by atoms with van der Waals surface area (Å²) in [4.78, 5) is 4.52. The summed E-state index contributed by atoms with van der Waals surface area (Å²) in [5.41, 5.74) is 14.2. The predicted molar refractivity (Wildman–Crippen MR) is 78.1 cm³/mol. The Bertz CT molecular complexity index is 571. The zero-order valence-corrected chi connectivity index (χ0v) is 11.9. The number of aryl methyl sites for hydroxylation is 1. The number of aromatic nitrogens is 3. The third-order valence-corrected chi connectivity index (χ3v) is 4.07. The molecule has 3 rings (SSSR count). The number of hydrogen-bond donors (Lipinski definition) is 2. The Hall–Kier alpha value is -1.17. The molecule has 2 aromatic heterocycles. The number of nitrogens with zero attached hydrogens (tertiary/aromatic N) is 3. The minimum absolute atomic E-state index is 0. The van der Waals surface area contributed by atoms with Crippen LogP contribution in [0.3, 0.4) is 0 Å². The van der Waals surface area contributed by atoms with Crippen LogP contribution in [0.25, 0.3) is 10.9 Å². The first-order valence-electron chi connectivity index (χ1n) is 6.42. The van der Waals surface area contributed by atoms with Crippen molar-refractivity contribution >= 4 is 23.3 Å². The van der Waals surface area contributed by atoms with E-state index in [1.165, 1.54) is 0 Å². The lowest BCUT2D eigenvalue weighted by Crippen LogP contribution is -2.44. The maximum Gasteiger partial charge on any atom is 0.0713 e. The van der Waals surface area contributed by atoms with Gasteiger partial charge >= 0.3 is 0 Å². The molecule has 0 bridgehead atoms. The lowest BCUT2D eigenvalue weighted by molar-refractivity contribution is 0.273. The zero-order chi connectivity index (χ0) is 12.8. The highest BCUT2D eigenvalue weighted by Gasteiger charge is 2.35. The highest BCUT2D eigenvalue weighted by molar-refractivity contribution is 5.85. The highest BCUT2D eigenvalue weighted by atomic mass is 35.5. The van der Waals surface area contributed by atoms with Crippen molar-refractivity contribution in [1.82, 2.24) is 14.8 Å². The zero-order valence-electron chi connectivity index (χ0n) is 11.0. The molecule has 2 aromatic rings. The summed E-state index contributed by atoms with van der Waals surface area (Å²) in [5.74, 6) is 0. The molecule has 0 radical (unpaired) electrons. The molecule has 2 heterocycles. The van der Waals surface area contributed by atoms with Gasteiger partial charge in [0.15, 0.2) is 0 Å². The van der Waals surface area contributed by atoms with Crippen LogP contribution in [0.15, 0.2) is 18.5 Å². The molecule has 1 fully saturated rings. The van der Waals surface area contributed by atoms with Crippen LogP contribution in [0, 0.1) is 0 Å². The third-order valence-electron chi connectivity index (χ3n) is 4.07. The van der Waals surface area contributed by atoms with Crippen molar-refractivity contribution in [3.63, 3.8) is 0 Å². The van der Waals surface area contributed by atoms with E-state index >= 15 is 0 Å².